The van der Waals surface area contributed by atoms with E-state index in [-0.39, 0.29) is 0 Å². The van der Waals surface area contributed by atoms with E-state index in [1.807, 2.05) is 0 Å². The highest BCUT2D eigenvalue weighted by Gasteiger charge is 2.22. The number of H-pyrrole nitrogens is 1. The van der Waals surface area contributed by atoms with Gasteiger partial charge in [0.2, 0.25) is 5.95 Å². The Morgan fingerprint density at radius 2 is 1.84 bits per heavy atom. The minimum absolute atomic E-state index is 0.547. The zero-order valence-corrected chi connectivity index (χ0v) is 13.0. The maximum absolute atomic E-state index is 5.46. The molecule has 108 valence electrons. The summed E-state index contributed by atoms with van der Waals surface area (Å²) in [5.74, 6) is 1.06. The molecule has 19 heavy (non-hydrogen) atoms. The summed E-state index contributed by atoms with van der Waals surface area (Å²) in [4.78, 5) is 2.38. The molecule has 2 rings (SSSR count). The van der Waals surface area contributed by atoms with E-state index in [0.29, 0.717) is 6.04 Å². The molecule has 5 heteroatoms. The van der Waals surface area contributed by atoms with Gasteiger partial charge in [-0.2, -0.15) is 0 Å². The predicted octanol–water partition coefficient (Wildman–Crippen LogP) is 4.07. The smallest absolute Gasteiger partial charge is 0.225 e. The molecule has 1 N–H and O–H groups in total. The Bertz CT molecular complexity index is 425. The standard InChI is InChI=1S/C14H26N4S/c1-3-10-17(11-4-2)13-15-16-14(19)18(13)12-8-6-5-7-9-12/h12H,3-11H2,1-2H3,(H,16,19). The molecule has 1 aliphatic carbocycles. The molecule has 1 fully saturated rings. The lowest BCUT2D eigenvalue weighted by Gasteiger charge is -2.28. The first-order valence-electron chi connectivity index (χ1n) is 7.69. The summed E-state index contributed by atoms with van der Waals surface area (Å²) < 4.78 is 3.07. The second kappa shape index (κ2) is 7.08. The van der Waals surface area contributed by atoms with Crippen LogP contribution in [0.1, 0.15) is 64.8 Å². The summed E-state index contributed by atoms with van der Waals surface area (Å²) in [6.45, 7) is 6.55. The monoisotopic (exact) mass is 282 g/mol. The Labute approximate surface area is 121 Å². The van der Waals surface area contributed by atoms with Gasteiger partial charge in [0.1, 0.15) is 0 Å². The second-order valence-corrected chi connectivity index (χ2v) is 5.86. The summed E-state index contributed by atoms with van der Waals surface area (Å²) in [6, 6.07) is 0.547. The lowest BCUT2D eigenvalue weighted by atomic mass is 9.95. The van der Waals surface area contributed by atoms with Crippen LogP contribution in [0, 0.1) is 4.77 Å². The minimum atomic E-state index is 0.547. The van der Waals surface area contributed by atoms with Crippen molar-refractivity contribution < 1.29 is 0 Å². The average molecular weight is 282 g/mol. The highest BCUT2D eigenvalue weighted by molar-refractivity contribution is 7.71. The maximum Gasteiger partial charge on any atom is 0.225 e. The van der Waals surface area contributed by atoms with Crippen molar-refractivity contribution in [2.24, 2.45) is 0 Å². The molecule has 0 bridgehead atoms. The van der Waals surface area contributed by atoms with Gasteiger partial charge in [-0.3, -0.25) is 4.57 Å². The van der Waals surface area contributed by atoms with Crippen molar-refractivity contribution in [1.82, 2.24) is 14.8 Å². The summed E-state index contributed by atoms with van der Waals surface area (Å²) >= 11 is 5.46. The Morgan fingerprint density at radius 3 is 2.42 bits per heavy atom. The zero-order chi connectivity index (χ0) is 13.7. The number of nitrogens with one attached hydrogen (secondary N) is 1. The van der Waals surface area contributed by atoms with Gasteiger partial charge < -0.3 is 4.90 Å². The van der Waals surface area contributed by atoms with Crippen molar-refractivity contribution in [3.8, 4) is 0 Å². The third-order valence-corrected chi connectivity index (χ3v) is 4.18. The van der Waals surface area contributed by atoms with E-state index in [2.05, 4.69) is 33.5 Å². The average Bonchev–Trinajstić information content (AvgIpc) is 2.81. The molecule has 0 aromatic carbocycles. The van der Waals surface area contributed by atoms with E-state index in [0.717, 1.165) is 36.7 Å². The van der Waals surface area contributed by atoms with Crippen LogP contribution in [-0.2, 0) is 0 Å². The summed E-state index contributed by atoms with van der Waals surface area (Å²) in [7, 11) is 0. The van der Waals surface area contributed by atoms with Crippen molar-refractivity contribution >= 4 is 18.2 Å². The van der Waals surface area contributed by atoms with Gasteiger partial charge in [0.15, 0.2) is 4.77 Å². The van der Waals surface area contributed by atoms with Crippen molar-refractivity contribution in [3.63, 3.8) is 0 Å². The first kappa shape index (κ1) is 14.6. The molecular weight excluding hydrogens is 256 g/mol. The van der Waals surface area contributed by atoms with E-state index in [1.54, 1.807) is 0 Å². The molecule has 0 spiro atoms. The molecule has 0 unspecified atom stereocenters. The Balaban J connectivity index is 2.26. The van der Waals surface area contributed by atoms with E-state index >= 15 is 0 Å². The number of nitrogens with zero attached hydrogens (tertiary/aromatic N) is 3. The summed E-state index contributed by atoms with van der Waals surface area (Å²) in [5, 5.41) is 7.51. The first-order chi connectivity index (χ1) is 9.27. The molecule has 1 aromatic heterocycles. The topological polar surface area (TPSA) is 36.9 Å². The molecule has 0 radical (unpaired) electrons. The van der Waals surface area contributed by atoms with E-state index in [4.69, 9.17) is 12.2 Å². The number of anilines is 1. The van der Waals surface area contributed by atoms with Gasteiger partial charge in [-0.1, -0.05) is 33.1 Å². The van der Waals surface area contributed by atoms with Gasteiger partial charge in [-0.05, 0) is 37.9 Å². The highest BCUT2D eigenvalue weighted by atomic mass is 32.1. The fourth-order valence-corrected chi connectivity index (χ4v) is 3.32. The second-order valence-electron chi connectivity index (χ2n) is 5.48. The predicted molar refractivity (Wildman–Crippen MR) is 82.3 cm³/mol. The van der Waals surface area contributed by atoms with Crippen LogP contribution < -0.4 is 4.90 Å². The van der Waals surface area contributed by atoms with Gasteiger partial charge in [-0.15, -0.1) is 5.10 Å². The normalized spacial score (nSPS) is 16.7. The molecule has 4 nitrogen and oxygen atoms in total. The third kappa shape index (κ3) is 3.38. The lowest BCUT2D eigenvalue weighted by Crippen LogP contribution is -2.29. The molecule has 0 saturated heterocycles. The van der Waals surface area contributed by atoms with Crippen molar-refractivity contribution in [1.29, 1.82) is 0 Å². The highest BCUT2D eigenvalue weighted by Crippen LogP contribution is 2.31. The van der Waals surface area contributed by atoms with E-state index < -0.39 is 0 Å². The lowest BCUT2D eigenvalue weighted by molar-refractivity contribution is 0.350. The quantitative estimate of drug-likeness (QED) is 0.799. The van der Waals surface area contributed by atoms with Crippen LogP contribution in [-0.4, -0.2) is 27.9 Å². The van der Waals surface area contributed by atoms with Gasteiger partial charge in [0.05, 0.1) is 0 Å². The van der Waals surface area contributed by atoms with Crippen LogP contribution >= 0.6 is 12.2 Å². The SMILES string of the molecule is CCCN(CCC)c1n[nH]c(=S)n1C1CCCCC1. The number of aromatic nitrogens is 3. The molecule has 0 atom stereocenters. The molecule has 1 aliphatic rings. The molecule has 1 aromatic rings. The Hall–Kier alpha value is -0.840. The zero-order valence-electron chi connectivity index (χ0n) is 12.2. The van der Waals surface area contributed by atoms with Crippen LogP contribution in [0.25, 0.3) is 0 Å². The number of hydrogen-bond acceptors (Lipinski definition) is 3. The van der Waals surface area contributed by atoms with Crippen LogP contribution in [0.5, 0.6) is 0 Å². The van der Waals surface area contributed by atoms with Crippen molar-refractivity contribution in [2.45, 2.75) is 64.8 Å². The minimum Gasteiger partial charge on any atom is -0.341 e. The van der Waals surface area contributed by atoms with Crippen molar-refractivity contribution in [3.05, 3.63) is 4.77 Å². The van der Waals surface area contributed by atoms with Gasteiger partial charge in [0.25, 0.3) is 0 Å². The Kier molecular flexibility index (Phi) is 5.43. The Morgan fingerprint density at radius 1 is 1.21 bits per heavy atom. The first-order valence-corrected chi connectivity index (χ1v) is 8.10. The van der Waals surface area contributed by atoms with Gasteiger partial charge in [0, 0.05) is 19.1 Å². The van der Waals surface area contributed by atoms with Gasteiger partial charge >= 0.3 is 0 Å². The fraction of sp³-hybridized carbons (Fsp3) is 0.857. The molecule has 0 amide bonds. The number of aromatic amines is 1. The molecule has 1 saturated carbocycles. The van der Waals surface area contributed by atoms with Gasteiger partial charge in [-0.25, -0.2) is 5.10 Å². The summed E-state index contributed by atoms with van der Waals surface area (Å²) in [5.41, 5.74) is 0. The number of hydrogen-bond donors (Lipinski definition) is 1. The van der Waals surface area contributed by atoms with E-state index in [9.17, 15) is 0 Å². The van der Waals surface area contributed by atoms with Crippen LogP contribution in [0.4, 0.5) is 5.95 Å². The molecule has 1 heterocycles. The largest absolute Gasteiger partial charge is 0.341 e. The molecular formula is C14H26N4S. The number of rotatable bonds is 6. The fourth-order valence-electron chi connectivity index (χ4n) is 3.04. The van der Waals surface area contributed by atoms with Crippen LogP contribution in [0.3, 0.4) is 0 Å². The maximum atomic E-state index is 5.46. The van der Waals surface area contributed by atoms with Crippen molar-refractivity contribution in [2.75, 3.05) is 18.0 Å². The third-order valence-electron chi connectivity index (χ3n) is 3.90. The molecule has 0 aliphatic heterocycles. The van der Waals surface area contributed by atoms with E-state index in [1.165, 1.54) is 32.1 Å². The van der Waals surface area contributed by atoms with Crippen LogP contribution in [0.2, 0.25) is 0 Å². The summed E-state index contributed by atoms with van der Waals surface area (Å²) in [6.07, 6.45) is 8.77. The van der Waals surface area contributed by atoms with Crippen LogP contribution in [0.15, 0.2) is 0 Å².